The van der Waals surface area contributed by atoms with E-state index >= 15 is 0 Å². The van der Waals surface area contributed by atoms with Crippen molar-refractivity contribution in [3.63, 3.8) is 0 Å². The Kier molecular flexibility index (Phi) is 6.23. The average molecular weight is 475 g/mol. The molecule has 1 aromatic carbocycles. The highest BCUT2D eigenvalue weighted by atomic mass is 19.4. The van der Waals surface area contributed by atoms with E-state index in [0.717, 1.165) is 12.1 Å². The number of hydrogen-bond acceptors (Lipinski definition) is 6. The minimum atomic E-state index is -5.08. The Hall–Kier alpha value is -3.22. The summed E-state index contributed by atoms with van der Waals surface area (Å²) in [5.41, 5.74) is 0.276. The fraction of sp³-hybridized carbons (Fsp3) is 0.400. The van der Waals surface area contributed by atoms with E-state index in [1.165, 1.54) is 0 Å². The number of ether oxygens (including phenoxy) is 2. The smallest absolute Gasteiger partial charge is 0.435 e. The van der Waals surface area contributed by atoms with Crippen molar-refractivity contribution in [2.75, 3.05) is 25.5 Å². The molecule has 1 fully saturated rings. The molecule has 3 heterocycles. The second-order valence-corrected chi connectivity index (χ2v) is 7.62. The van der Waals surface area contributed by atoms with Gasteiger partial charge in [0.05, 0.1) is 5.52 Å². The maximum absolute atomic E-state index is 13.9. The zero-order valence-corrected chi connectivity index (χ0v) is 17.2. The molecule has 7 nitrogen and oxygen atoms in total. The van der Waals surface area contributed by atoms with Crippen LogP contribution in [0.5, 0.6) is 11.5 Å². The normalized spacial score (nSPS) is 19.8. The van der Waals surface area contributed by atoms with E-state index in [1.54, 1.807) is 29.8 Å². The zero-order valence-electron chi connectivity index (χ0n) is 17.2. The molecule has 0 amide bonds. The molecule has 1 aliphatic heterocycles. The Morgan fingerprint density at radius 2 is 1.94 bits per heavy atom. The van der Waals surface area contributed by atoms with E-state index in [1.807, 2.05) is 4.90 Å². The number of aromatic nitrogens is 3. The van der Waals surface area contributed by atoms with Gasteiger partial charge in [0, 0.05) is 43.4 Å². The molecule has 33 heavy (non-hydrogen) atoms. The van der Waals surface area contributed by atoms with Gasteiger partial charge in [0.2, 0.25) is 5.95 Å². The molecule has 1 unspecified atom stereocenters. The third-order valence-corrected chi connectivity index (χ3v) is 5.04. The van der Waals surface area contributed by atoms with E-state index in [0.29, 0.717) is 24.7 Å². The van der Waals surface area contributed by atoms with Crippen molar-refractivity contribution in [1.82, 2.24) is 19.5 Å². The first-order valence-electron chi connectivity index (χ1n) is 9.87. The van der Waals surface area contributed by atoms with Crippen LogP contribution >= 0.6 is 0 Å². The van der Waals surface area contributed by atoms with Gasteiger partial charge in [-0.25, -0.2) is 4.39 Å². The molecular formula is C20H19F6N5O2. The SMILES string of the molecule is CN1CC(Nc2nnc(-c3ccc(OC(F)F)cc3OC(F)(F)F)c3cccn23)C[C@@H](F)C1. The van der Waals surface area contributed by atoms with E-state index in [-0.39, 0.29) is 29.7 Å². The van der Waals surface area contributed by atoms with Crippen LogP contribution in [-0.2, 0) is 0 Å². The summed E-state index contributed by atoms with van der Waals surface area (Å²) < 4.78 is 87.7. The number of benzene rings is 1. The summed E-state index contributed by atoms with van der Waals surface area (Å²) in [5.74, 6) is -0.997. The van der Waals surface area contributed by atoms with Gasteiger partial charge in [0.15, 0.2) is 0 Å². The van der Waals surface area contributed by atoms with Crippen LogP contribution in [0.25, 0.3) is 16.8 Å². The highest BCUT2D eigenvalue weighted by Crippen LogP contribution is 2.38. The Morgan fingerprint density at radius 1 is 1.15 bits per heavy atom. The molecule has 1 N–H and O–H groups in total. The lowest BCUT2D eigenvalue weighted by molar-refractivity contribution is -0.274. The number of halogens is 6. The summed E-state index contributed by atoms with van der Waals surface area (Å²) >= 11 is 0. The predicted molar refractivity (Wildman–Crippen MR) is 106 cm³/mol. The van der Waals surface area contributed by atoms with Crippen molar-refractivity contribution < 1.29 is 35.8 Å². The van der Waals surface area contributed by atoms with E-state index in [9.17, 15) is 26.3 Å². The molecule has 1 aliphatic rings. The first kappa shape index (κ1) is 23.0. The lowest BCUT2D eigenvalue weighted by Gasteiger charge is -2.32. The standard InChI is InChI=1S/C20H19F6N5O2/c1-30-9-11(21)7-12(10-30)27-19-29-28-17(15-3-2-6-31(15)19)14-5-4-13(32-18(22)23)8-16(14)33-20(24,25)26/h2-6,8,11-12,18H,7,9-10H2,1H3,(H,27,29)/t11-,12?/m1/s1. The topological polar surface area (TPSA) is 63.9 Å². The third kappa shape index (κ3) is 5.41. The molecule has 1 saturated heterocycles. The number of nitrogens with zero attached hydrogens (tertiary/aromatic N) is 4. The predicted octanol–water partition coefficient (Wildman–Crippen LogP) is 4.35. The van der Waals surface area contributed by atoms with E-state index in [4.69, 9.17) is 0 Å². The Balaban J connectivity index is 1.72. The van der Waals surface area contributed by atoms with Crippen molar-refractivity contribution in [2.24, 2.45) is 0 Å². The number of anilines is 1. The quantitative estimate of drug-likeness (QED) is 0.535. The van der Waals surface area contributed by atoms with E-state index in [2.05, 4.69) is 25.0 Å². The molecule has 2 atom stereocenters. The van der Waals surface area contributed by atoms with Gasteiger partial charge < -0.3 is 19.7 Å². The maximum Gasteiger partial charge on any atom is 0.573 e. The number of hydrogen-bond donors (Lipinski definition) is 1. The third-order valence-electron chi connectivity index (χ3n) is 5.04. The Bertz CT molecular complexity index is 1110. The number of nitrogens with one attached hydrogen (secondary N) is 1. The molecule has 0 radical (unpaired) electrons. The summed E-state index contributed by atoms with van der Waals surface area (Å²) in [5, 5.41) is 11.3. The molecule has 0 saturated carbocycles. The van der Waals surface area contributed by atoms with E-state index < -0.39 is 30.6 Å². The number of piperidine rings is 1. The van der Waals surface area contributed by atoms with Crippen LogP contribution in [0.4, 0.5) is 32.3 Å². The second-order valence-electron chi connectivity index (χ2n) is 7.62. The van der Waals surface area contributed by atoms with Crippen molar-refractivity contribution in [3.05, 3.63) is 36.5 Å². The molecular weight excluding hydrogens is 456 g/mol. The fourth-order valence-electron chi connectivity index (χ4n) is 3.86. The lowest BCUT2D eigenvalue weighted by Crippen LogP contribution is -2.45. The van der Waals surface area contributed by atoms with Crippen LogP contribution in [0.2, 0.25) is 0 Å². The maximum atomic E-state index is 13.9. The summed E-state index contributed by atoms with van der Waals surface area (Å²) in [4.78, 5) is 1.84. The molecule has 3 aromatic rings. The van der Waals surface area contributed by atoms with Gasteiger partial charge in [-0.3, -0.25) is 4.40 Å². The lowest BCUT2D eigenvalue weighted by atomic mass is 10.1. The molecule has 4 rings (SSSR count). The van der Waals surface area contributed by atoms with Gasteiger partial charge in [-0.15, -0.1) is 23.4 Å². The molecule has 0 bridgehead atoms. The molecule has 13 heteroatoms. The van der Waals surface area contributed by atoms with Crippen LogP contribution in [-0.4, -0.2) is 64.8 Å². The van der Waals surface area contributed by atoms with Crippen LogP contribution in [0.3, 0.4) is 0 Å². The Morgan fingerprint density at radius 3 is 2.64 bits per heavy atom. The minimum absolute atomic E-state index is 0.0255. The monoisotopic (exact) mass is 475 g/mol. The Labute approximate surface area is 183 Å². The number of rotatable bonds is 6. The van der Waals surface area contributed by atoms with Crippen molar-refractivity contribution >= 4 is 11.5 Å². The first-order chi connectivity index (χ1) is 15.6. The second kappa shape index (κ2) is 8.96. The zero-order chi connectivity index (χ0) is 23.8. The van der Waals surface area contributed by atoms with Crippen LogP contribution in [0.15, 0.2) is 36.5 Å². The highest BCUT2D eigenvalue weighted by molar-refractivity contribution is 5.81. The summed E-state index contributed by atoms with van der Waals surface area (Å²) in [6.45, 7) is -2.32. The first-order valence-corrected chi connectivity index (χ1v) is 9.87. The van der Waals surface area contributed by atoms with Gasteiger partial charge in [-0.05, 0) is 31.3 Å². The van der Waals surface area contributed by atoms with Crippen LogP contribution in [0, 0.1) is 0 Å². The van der Waals surface area contributed by atoms with Gasteiger partial charge >= 0.3 is 13.0 Å². The number of alkyl halides is 6. The van der Waals surface area contributed by atoms with Crippen molar-refractivity contribution in [1.29, 1.82) is 0 Å². The van der Waals surface area contributed by atoms with Crippen LogP contribution < -0.4 is 14.8 Å². The molecule has 0 aliphatic carbocycles. The van der Waals surface area contributed by atoms with Crippen molar-refractivity contribution in [2.45, 2.75) is 31.6 Å². The van der Waals surface area contributed by atoms with Gasteiger partial charge in [0.1, 0.15) is 23.4 Å². The highest BCUT2D eigenvalue weighted by Gasteiger charge is 2.33. The van der Waals surface area contributed by atoms with Gasteiger partial charge in [-0.1, -0.05) is 0 Å². The number of fused-ring (bicyclic) bond motifs is 1. The van der Waals surface area contributed by atoms with Crippen molar-refractivity contribution in [3.8, 4) is 22.8 Å². The largest absolute Gasteiger partial charge is 0.573 e. The number of likely N-dealkylation sites (N-methyl/N-ethyl adjacent to an activating group) is 1. The number of likely N-dealkylation sites (tertiary alicyclic amines) is 1. The fourth-order valence-corrected chi connectivity index (χ4v) is 3.86. The van der Waals surface area contributed by atoms with Gasteiger partial charge in [-0.2, -0.15) is 8.78 Å². The summed E-state index contributed by atoms with van der Waals surface area (Å²) in [7, 11) is 1.80. The average Bonchev–Trinajstić information content (AvgIpc) is 3.17. The summed E-state index contributed by atoms with van der Waals surface area (Å²) in [6, 6.07) is 5.91. The minimum Gasteiger partial charge on any atom is -0.435 e. The summed E-state index contributed by atoms with van der Waals surface area (Å²) in [6.07, 6.45) is -4.20. The van der Waals surface area contributed by atoms with Gasteiger partial charge in [0.25, 0.3) is 0 Å². The molecule has 0 spiro atoms. The molecule has 2 aromatic heterocycles. The van der Waals surface area contributed by atoms with Crippen LogP contribution in [0.1, 0.15) is 6.42 Å². The molecule has 178 valence electrons.